The van der Waals surface area contributed by atoms with Gasteiger partial charge in [0.1, 0.15) is 16.7 Å². The average Bonchev–Trinajstić information content (AvgIpc) is 2.84. The molecule has 6 nitrogen and oxygen atoms in total. The van der Waals surface area contributed by atoms with Crippen molar-refractivity contribution in [2.24, 2.45) is 13.0 Å². The van der Waals surface area contributed by atoms with Crippen molar-refractivity contribution in [2.75, 3.05) is 7.05 Å². The molecule has 0 bridgehead atoms. The third-order valence-corrected chi connectivity index (χ3v) is 6.32. The number of aryl methyl sites for hydroxylation is 1. The van der Waals surface area contributed by atoms with Gasteiger partial charge in [-0.2, -0.15) is 4.31 Å². The molecule has 2 aromatic rings. The van der Waals surface area contributed by atoms with E-state index in [4.69, 9.17) is 16.0 Å². The maximum absolute atomic E-state index is 12.5. The van der Waals surface area contributed by atoms with Gasteiger partial charge in [0, 0.05) is 20.0 Å². The molecule has 0 amide bonds. The van der Waals surface area contributed by atoms with E-state index < -0.39 is 10.0 Å². The van der Waals surface area contributed by atoms with E-state index in [2.05, 4.69) is 11.9 Å². The fourth-order valence-electron chi connectivity index (χ4n) is 2.42. The Morgan fingerprint density at radius 3 is 2.73 bits per heavy atom. The lowest BCUT2D eigenvalue weighted by atomic mass is 10.3. The van der Waals surface area contributed by atoms with Gasteiger partial charge in [-0.3, -0.25) is 0 Å². The zero-order valence-corrected chi connectivity index (χ0v) is 14.2. The van der Waals surface area contributed by atoms with Gasteiger partial charge in [-0.25, -0.2) is 13.4 Å². The Kier molecular flexibility index (Phi) is 3.82. The predicted octanol–water partition coefficient (Wildman–Crippen LogP) is 2.61. The number of halogens is 1. The van der Waals surface area contributed by atoms with E-state index in [1.165, 1.54) is 22.2 Å². The predicted molar refractivity (Wildman–Crippen MR) is 82.1 cm³/mol. The van der Waals surface area contributed by atoms with Crippen LogP contribution in [0.3, 0.4) is 0 Å². The van der Waals surface area contributed by atoms with Crippen molar-refractivity contribution in [3.63, 3.8) is 0 Å². The molecule has 0 radical (unpaired) electrons. The molecule has 0 saturated heterocycles. The van der Waals surface area contributed by atoms with Gasteiger partial charge < -0.3 is 8.98 Å². The number of rotatable bonds is 5. The molecule has 0 aromatic carbocycles. The van der Waals surface area contributed by atoms with Crippen molar-refractivity contribution < 1.29 is 12.8 Å². The van der Waals surface area contributed by atoms with Crippen LogP contribution in [0, 0.1) is 5.92 Å². The molecule has 1 aliphatic carbocycles. The van der Waals surface area contributed by atoms with Gasteiger partial charge in [0.15, 0.2) is 0 Å². The van der Waals surface area contributed by atoms with Gasteiger partial charge in [0.05, 0.1) is 12.9 Å². The van der Waals surface area contributed by atoms with Crippen molar-refractivity contribution in [1.29, 1.82) is 0 Å². The topological polar surface area (TPSA) is 68.3 Å². The molecular formula is C14H18ClN3O3S. The molecule has 120 valence electrons. The van der Waals surface area contributed by atoms with Crippen LogP contribution in [0.1, 0.15) is 30.8 Å². The van der Waals surface area contributed by atoms with Crippen LogP contribution in [-0.4, -0.2) is 29.3 Å². The van der Waals surface area contributed by atoms with E-state index in [9.17, 15) is 8.42 Å². The Labute approximate surface area is 134 Å². The average molecular weight is 344 g/mol. The van der Waals surface area contributed by atoms with E-state index in [-0.39, 0.29) is 16.7 Å². The molecule has 2 atom stereocenters. The molecular weight excluding hydrogens is 326 g/mol. The molecule has 0 unspecified atom stereocenters. The van der Waals surface area contributed by atoms with Crippen LogP contribution >= 0.6 is 11.6 Å². The van der Waals surface area contributed by atoms with Crippen molar-refractivity contribution in [3.05, 3.63) is 35.1 Å². The number of hydrogen-bond donors (Lipinski definition) is 0. The highest BCUT2D eigenvalue weighted by molar-refractivity contribution is 7.89. The third-order valence-electron chi connectivity index (χ3n) is 4.02. The number of furan rings is 1. The SMILES string of the molecule is C[C@H]1C[C@H]1c1ccc(CN(C)S(=O)(=O)c2ncn(C)c2Cl)o1. The maximum Gasteiger partial charge on any atom is 0.263 e. The number of aromatic nitrogens is 2. The number of sulfonamides is 1. The highest BCUT2D eigenvalue weighted by Gasteiger charge is 2.37. The van der Waals surface area contributed by atoms with Gasteiger partial charge >= 0.3 is 0 Å². The summed E-state index contributed by atoms with van der Waals surface area (Å²) in [5, 5.41) is -0.0412. The number of imidazole rings is 1. The third kappa shape index (κ3) is 2.68. The summed E-state index contributed by atoms with van der Waals surface area (Å²) < 4.78 is 33.4. The zero-order chi connectivity index (χ0) is 16.1. The van der Waals surface area contributed by atoms with Crippen LogP contribution < -0.4 is 0 Å². The Morgan fingerprint density at radius 1 is 1.50 bits per heavy atom. The fraction of sp³-hybridized carbons (Fsp3) is 0.500. The lowest BCUT2D eigenvalue weighted by Gasteiger charge is -2.14. The summed E-state index contributed by atoms with van der Waals surface area (Å²) in [7, 11) is -0.613. The fourth-order valence-corrected chi connectivity index (χ4v) is 3.93. The van der Waals surface area contributed by atoms with E-state index in [0.717, 1.165) is 12.2 Å². The van der Waals surface area contributed by atoms with Gasteiger partial charge in [0.2, 0.25) is 5.03 Å². The van der Waals surface area contributed by atoms with E-state index in [1.807, 2.05) is 12.1 Å². The molecule has 1 aliphatic rings. The lowest BCUT2D eigenvalue weighted by molar-refractivity contribution is 0.389. The molecule has 2 aromatic heterocycles. The second-order valence-electron chi connectivity index (χ2n) is 5.84. The molecule has 8 heteroatoms. The Hall–Kier alpha value is -1.31. The van der Waals surface area contributed by atoms with Crippen LogP contribution in [-0.2, 0) is 23.6 Å². The summed E-state index contributed by atoms with van der Waals surface area (Å²) in [6.07, 6.45) is 2.51. The number of nitrogens with zero attached hydrogens (tertiary/aromatic N) is 3. The quantitative estimate of drug-likeness (QED) is 0.836. The van der Waals surface area contributed by atoms with Crippen LogP contribution in [0.25, 0.3) is 0 Å². The molecule has 1 fully saturated rings. The largest absolute Gasteiger partial charge is 0.464 e. The van der Waals surface area contributed by atoms with E-state index >= 15 is 0 Å². The van der Waals surface area contributed by atoms with Gasteiger partial charge in [-0.1, -0.05) is 18.5 Å². The summed E-state index contributed by atoms with van der Waals surface area (Å²) in [5.41, 5.74) is 0. The Balaban J connectivity index is 1.77. The summed E-state index contributed by atoms with van der Waals surface area (Å²) in [6, 6.07) is 3.75. The molecule has 1 saturated carbocycles. The summed E-state index contributed by atoms with van der Waals surface area (Å²) in [6.45, 7) is 2.32. The molecule has 2 heterocycles. The normalized spacial score (nSPS) is 21.5. The summed E-state index contributed by atoms with van der Waals surface area (Å²) in [5.74, 6) is 2.67. The molecule has 3 rings (SSSR count). The highest BCUT2D eigenvalue weighted by Crippen LogP contribution is 2.47. The number of hydrogen-bond acceptors (Lipinski definition) is 4. The first-order valence-corrected chi connectivity index (χ1v) is 8.84. The minimum atomic E-state index is -3.74. The van der Waals surface area contributed by atoms with Gasteiger partial charge in [0.25, 0.3) is 10.0 Å². The lowest BCUT2D eigenvalue weighted by Crippen LogP contribution is -2.27. The molecule has 0 spiro atoms. The van der Waals surface area contributed by atoms with Crippen LogP contribution in [0.5, 0.6) is 0 Å². The van der Waals surface area contributed by atoms with Crippen molar-refractivity contribution >= 4 is 21.6 Å². The second kappa shape index (κ2) is 5.40. The minimum absolute atomic E-state index is 0.0961. The van der Waals surface area contributed by atoms with Crippen LogP contribution in [0.2, 0.25) is 5.15 Å². The summed E-state index contributed by atoms with van der Waals surface area (Å²) in [4.78, 5) is 3.87. The standard InChI is InChI=1S/C14H18ClN3O3S/c1-9-6-11(9)12-5-4-10(21-12)7-18(3)22(19,20)14-13(15)17(2)8-16-14/h4-5,8-9,11H,6-7H2,1-3H3/t9-,11+/m0/s1. The van der Waals surface area contributed by atoms with E-state index in [0.29, 0.717) is 17.6 Å². The summed E-state index contributed by atoms with van der Waals surface area (Å²) >= 11 is 5.98. The first-order valence-electron chi connectivity index (χ1n) is 7.02. The molecule has 0 aliphatic heterocycles. The van der Waals surface area contributed by atoms with Crippen molar-refractivity contribution in [1.82, 2.24) is 13.9 Å². The van der Waals surface area contributed by atoms with E-state index in [1.54, 1.807) is 7.05 Å². The Morgan fingerprint density at radius 2 is 2.18 bits per heavy atom. The van der Waals surface area contributed by atoms with Crippen molar-refractivity contribution in [3.8, 4) is 0 Å². The second-order valence-corrected chi connectivity index (χ2v) is 8.15. The van der Waals surface area contributed by atoms with Gasteiger partial charge in [-0.15, -0.1) is 0 Å². The highest BCUT2D eigenvalue weighted by atomic mass is 35.5. The molecule has 0 N–H and O–H groups in total. The van der Waals surface area contributed by atoms with Gasteiger partial charge in [-0.05, 0) is 24.5 Å². The van der Waals surface area contributed by atoms with Crippen molar-refractivity contribution in [2.45, 2.75) is 30.8 Å². The monoisotopic (exact) mass is 343 g/mol. The Bertz CT molecular complexity index is 796. The van der Waals surface area contributed by atoms with Crippen LogP contribution in [0.15, 0.2) is 27.9 Å². The minimum Gasteiger partial charge on any atom is -0.464 e. The molecule has 22 heavy (non-hydrogen) atoms. The van der Waals surface area contributed by atoms with Crippen LogP contribution in [0.4, 0.5) is 0 Å². The smallest absolute Gasteiger partial charge is 0.263 e. The zero-order valence-electron chi connectivity index (χ0n) is 12.7. The first-order chi connectivity index (χ1) is 10.3. The first kappa shape index (κ1) is 15.6. The maximum atomic E-state index is 12.5.